The summed E-state index contributed by atoms with van der Waals surface area (Å²) in [7, 11) is 0. The summed E-state index contributed by atoms with van der Waals surface area (Å²) in [4.78, 5) is 28.1. The Balaban J connectivity index is 2.17. The third-order valence-corrected chi connectivity index (χ3v) is 4.19. The van der Waals surface area contributed by atoms with Crippen LogP contribution < -0.4 is 5.32 Å². The first kappa shape index (κ1) is 15.2. The van der Waals surface area contributed by atoms with E-state index in [0.29, 0.717) is 10.4 Å². The Kier molecular flexibility index (Phi) is 4.70. The van der Waals surface area contributed by atoms with E-state index in [1.807, 2.05) is 13.8 Å². The monoisotopic (exact) mass is 304 g/mol. The minimum Gasteiger partial charge on any atom is -0.479 e. The molecule has 2 aromatic rings. The smallest absolute Gasteiger partial charge is 0.330 e. The Morgan fingerprint density at radius 1 is 1.24 bits per heavy atom. The zero-order valence-corrected chi connectivity index (χ0v) is 12.6. The number of thiazole rings is 1. The van der Waals surface area contributed by atoms with Crippen LogP contribution in [0.25, 0.3) is 0 Å². The van der Waals surface area contributed by atoms with Gasteiger partial charge in [-0.2, -0.15) is 0 Å². The second-order valence-corrected chi connectivity index (χ2v) is 5.94. The lowest BCUT2D eigenvalue weighted by Crippen LogP contribution is -2.33. The molecule has 1 atom stereocenters. The van der Waals surface area contributed by atoms with Crippen molar-refractivity contribution in [2.24, 2.45) is 0 Å². The molecule has 0 spiro atoms. The standard InChI is InChI=1S/C15H16N2O3S/c1-9(2)14-16-8-11(21-14)13(18)17-12(15(19)20)10-6-4-3-5-7-10/h3-9,12H,1-2H3,(H,17,18)(H,19,20)/t12-/m1/s1. The van der Waals surface area contributed by atoms with Gasteiger partial charge in [0.05, 0.1) is 11.2 Å². The minimum atomic E-state index is -1.09. The molecule has 6 heteroatoms. The van der Waals surface area contributed by atoms with E-state index >= 15 is 0 Å². The molecule has 1 heterocycles. The van der Waals surface area contributed by atoms with Gasteiger partial charge in [-0.25, -0.2) is 9.78 Å². The molecule has 0 fully saturated rings. The fourth-order valence-electron chi connectivity index (χ4n) is 1.79. The fraction of sp³-hybridized carbons (Fsp3) is 0.267. The van der Waals surface area contributed by atoms with Gasteiger partial charge in [0, 0.05) is 5.92 Å². The van der Waals surface area contributed by atoms with Crippen LogP contribution in [0.3, 0.4) is 0 Å². The number of amides is 1. The van der Waals surface area contributed by atoms with Crippen LogP contribution in [0.5, 0.6) is 0 Å². The number of carbonyl (C=O) groups is 2. The third-order valence-electron chi connectivity index (χ3n) is 2.90. The van der Waals surface area contributed by atoms with Crippen LogP contribution in [0.1, 0.15) is 46.0 Å². The van der Waals surface area contributed by atoms with E-state index in [2.05, 4.69) is 10.3 Å². The second kappa shape index (κ2) is 6.49. The second-order valence-electron chi connectivity index (χ2n) is 4.87. The van der Waals surface area contributed by atoms with E-state index in [0.717, 1.165) is 5.01 Å². The van der Waals surface area contributed by atoms with Crippen molar-refractivity contribution in [2.75, 3.05) is 0 Å². The largest absolute Gasteiger partial charge is 0.479 e. The summed E-state index contributed by atoms with van der Waals surface area (Å²) in [6.45, 7) is 3.98. The molecule has 1 aromatic carbocycles. The molecular formula is C15H16N2O3S. The Morgan fingerprint density at radius 2 is 1.90 bits per heavy atom. The molecule has 21 heavy (non-hydrogen) atoms. The van der Waals surface area contributed by atoms with Gasteiger partial charge in [-0.3, -0.25) is 4.79 Å². The maximum Gasteiger partial charge on any atom is 0.330 e. The topological polar surface area (TPSA) is 79.3 Å². The van der Waals surface area contributed by atoms with Crippen LogP contribution in [-0.4, -0.2) is 22.0 Å². The van der Waals surface area contributed by atoms with Crippen molar-refractivity contribution >= 4 is 23.2 Å². The van der Waals surface area contributed by atoms with Crippen LogP contribution in [0.2, 0.25) is 0 Å². The number of hydrogen-bond donors (Lipinski definition) is 2. The maximum atomic E-state index is 12.2. The molecule has 1 amide bonds. The van der Waals surface area contributed by atoms with Crippen molar-refractivity contribution < 1.29 is 14.7 Å². The minimum absolute atomic E-state index is 0.237. The molecule has 0 aliphatic carbocycles. The number of carboxylic acids is 1. The Labute approximate surface area is 126 Å². The molecule has 0 radical (unpaired) electrons. The van der Waals surface area contributed by atoms with Crippen LogP contribution in [0, 0.1) is 0 Å². The molecule has 110 valence electrons. The molecule has 0 unspecified atom stereocenters. The molecule has 2 rings (SSSR count). The van der Waals surface area contributed by atoms with Gasteiger partial charge >= 0.3 is 5.97 Å². The van der Waals surface area contributed by atoms with Crippen LogP contribution in [0.4, 0.5) is 0 Å². The van der Waals surface area contributed by atoms with E-state index in [1.54, 1.807) is 30.3 Å². The van der Waals surface area contributed by atoms with Crippen LogP contribution in [0.15, 0.2) is 36.5 Å². The van der Waals surface area contributed by atoms with Gasteiger partial charge in [0.1, 0.15) is 4.88 Å². The summed E-state index contributed by atoms with van der Waals surface area (Å²) in [5.74, 6) is -1.28. The summed E-state index contributed by atoms with van der Waals surface area (Å²) >= 11 is 1.28. The van der Waals surface area contributed by atoms with Crippen LogP contribution >= 0.6 is 11.3 Å². The fourth-order valence-corrected chi connectivity index (χ4v) is 2.62. The number of hydrogen-bond acceptors (Lipinski definition) is 4. The first-order valence-electron chi connectivity index (χ1n) is 6.53. The highest BCUT2D eigenvalue weighted by Gasteiger charge is 2.23. The number of nitrogens with one attached hydrogen (secondary N) is 1. The van der Waals surface area contributed by atoms with Gasteiger partial charge in [-0.15, -0.1) is 11.3 Å². The van der Waals surface area contributed by atoms with Crippen molar-refractivity contribution in [1.29, 1.82) is 0 Å². The molecule has 0 saturated heterocycles. The summed E-state index contributed by atoms with van der Waals surface area (Å²) in [6, 6.07) is 7.55. The molecule has 0 saturated carbocycles. The summed E-state index contributed by atoms with van der Waals surface area (Å²) in [5.41, 5.74) is 0.534. The normalized spacial score (nSPS) is 12.1. The highest BCUT2D eigenvalue weighted by molar-refractivity contribution is 7.13. The number of nitrogens with zero attached hydrogens (tertiary/aromatic N) is 1. The predicted molar refractivity (Wildman–Crippen MR) is 80.5 cm³/mol. The quantitative estimate of drug-likeness (QED) is 0.890. The van der Waals surface area contributed by atoms with Gasteiger partial charge in [0.15, 0.2) is 6.04 Å². The molecule has 0 aliphatic rings. The Morgan fingerprint density at radius 3 is 2.43 bits per heavy atom. The SMILES string of the molecule is CC(C)c1ncc(C(=O)N[C@@H](C(=O)O)c2ccccc2)s1. The summed E-state index contributed by atoms with van der Waals surface area (Å²) in [5, 5.41) is 12.7. The first-order valence-corrected chi connectivity index (χ1v) is 7.35. The van der Waals surface area contributed by atoms with Crippen molar-refractivity contribution in [1.82, 2.24) is 10.3 Å². The van der Waals surface area contributed by atoms with Gasteiger partial charge in [-0.1, -0.05) is 44.2 Å². The molecular weight excluding hydrogens is 288 g/mol. The molecule has 2 N–H and O–H groups in total. The molecule has 5 nitrogen and oxygen atoms in total. The number of benzene rings is 1. The van der Waals surface area contributed by atoms with E-state index in [9.17, 15) is 14.7 Å². The average Bonchev–Trinajstić information content (AvgIpc) is 2.95. The van der Waals surface area contributed by atoms with Crippen LogP contribution in [-0.2, 0) is 4.79 Å². The van der Waals surface area contributed by atoms with Crippen molar-refractivity contribution in [3.05, 3.63) is 52.0 Å². The van der Waals surface area contributed by atoms with E-state index in [4.69, 9.17) is 0 Å². The zero-order chi connectivity index (χ0) is 15.4. The Bertz CT molecular complexity index is 637. The number of rotatable bonds is 5. The van der Waals surface area contributed by atoms with Gasteiger partial charge < -0.3 is 10.4 Å². The van der Waals surface area contributed by atoms with E-state index in [-0.39, 0.29) is 5.92 Å². The lowest BCUT2D eigenvalue weighted by Gasteiger charge is -2.14. The average molecular weight is 304 g/mol. The van der Waals surface area contributed by atoms with Gasteiger partial charge in [0.2, 0.25) is 0 Å². The molecule has 0 aliphatic heterocycles. The third kappa shape index (κ3) is 3.66. The molecule has 1 aromatic heterocycles. The predicted octanol–water partition coefficient (Wildman–Crippen LogP) is 2.82. The lowest BCUT2D eigenvalue weighted by atomic mass is 10.1. The zero-order valence-electron chi connectivity index (χ0n) is 11.7. The lowest BCUT2D eigenvalue weighted by molar-refractivity contribution is -0.139. The number of carbonyl (C=O) groups excluding carboxylic acids is 1. The van der Waals surface area contributed by atoms with Crippen molar-refractivity contribution in [2.45, 2.75) is 25.8 Å². The number of aromatic nitrogens is 1. The maximum absolute atomic E-state index is 12.2. The van der Waals surface area contributed by atoms with Crippen molar-refractivity contribution in [3.63, 3.8) is 0 Å². The first-order chi connectivity index (χ1) is 9.99. The van der Waals surface area contributed by atoms with Gasteiger partial charge in [0.25, 0.3) is 5.91 Å². The Hall–Kier alpha value is -2.21. The highest BCUT2D eigenvalue weighted by Crippen LogP contribution is 2.22. The highest BCUT2D eigenvalue weighted by atomic mass is 32.1. The summed E-state index contributed by atoms with van der Waals surface area (Å²) in [6.07, 6.45) is 1.49. The van der Waals surface area contributed by atoms with E-state index < -0.39 is 17.9 Å². The van der Waals surface area contributed by atoms with Gasteiger partial charge in [-0.05, 0) is 5.56 Å². The molecule has 0 bridgehead atoms. The number of carboxylic acid groups (broad SMARTS) is 1. The van der Waals surface area contributed by atoms with E-state index in [1.165, 1.54) is 17.5 Å². The van der Waals surface area contributed by atoms with Crippen molar-refractivity contribution in [3.8, 4) is 0 Å². The summed E-state index contributed by atoms with van der Waals surface area (Å²) < 4.78 is 0. The number of aliphatic carboxylic acids is 1.